The van der Waals surface area contributed by atoms with Gasteiger partial charge in [-0.25, -0.2) is 0 Å². The number of nitriles is 1. The molecule has 21 heavy (non-hydrogen) atoms. The molecule has 1 aliphatic rings. The van der Waals surface area contributed by atoms with Crippen molar-refractivity contribution in [2.45, 2.75) is 32.7 Å². The number of piperidine rings is 1. The number of nitrogens with zero attached hydrogens (tertiary/aromatic N) is 2. The summed E-state index contributed by atoms with van der Waals surface area (Å²) in [6.07, 6.45) is 1.60. The van der Waals surface area contributed by atoms with E-state index < -0.39 is 0 Å². The number of hydrogen-bond donors (Lipinski definition) is 1. The van der Waals surface area contributed by atoms with Gasteiger partial charge in [0.05, 0.1) is 17.6 Å². The van der Waals surface area contributed by atoms with Crippen molar-refractivity contribution in [2.75, 3.05) is 11.4 Å². The zero-order chi connectivity index (χ0) is 15.6. The minimum Gasteiger partial charge on any atom is -0.369 e. The van der Waals surface area contributed by atoms with Gasteiger partial charge in [0.25, 0.3) is 0 Å². The molecule has 1 aromatic rings. The van der Waals surface area contributed by atoms with E-state index in [0.29, 0.717) is 17.7 Å². The number of nitrogens with two attached hydrogens (primary N) is 1. The summed E-state index contributed by atoms with van der Waals surface area (Å²) < 4.78 is 0. The van der Waals surface area contributed by atoms with Gasteiger partial charge < -0.3 is 10.6 Å². The van der Waals surface area contributed by atoms with E-state index in [-0.39, 0.29) is 23.7 Å². The molecular weight excluding hydrogens is 266 g/mol. The lowest BCUT2D eigenvalue weighted by molar-refractivity contribution is -0.122. The molecule has 110 valence electrons. The predicted molar refractivity (Wildman–Crippen MR) is 79.9 cm³/mol. The Balaban J connectivity index is 2.45. The Morgan fingerprint density at radius 2 is 2.10 bits per heavy atom. The first-order valence-electron chi connectivity index (χ1n) is 7.05. The second-order valence-corrected chi connectivity index (χ2v) is 5.58. The van der Waals surface area contributed by atoms with Gasteiger partial charge in [-0.3, -0.25) is 9.59 Å². The number of rotatable bonds is 3. The smallest absolute Gasteiger partial charge is 0.222 e. The SMILES string of the molecule is CC(=O)c1ccc(C#N)cc1N1CC(C(N)=O)CCC1C. The fraction of sp³-hybridized carbons (Fsp3) is 0.438. The first-order valence-corrected chi connectivity index (χ1v) is 7.05. The van der Waals surface area contributed by atoms with E-state index in [9.17, 15) is 9.59 Å². The number of hydrogen-bond acceptors (Lipinski definition) is 4. The average molecular weight is 285 g/mol. The molecule has 1 saturated heterocycles. The van der Waals surface area contributed by atoms with Crippen LogP contribution in [0.15, 0.2) is 18.2 Å². The highest BCUT2D eigenvalue weighted by molar-refractivity contribution is 6.00. The van der Waals surface area contributed by atoms with E-state index in [4.69, 9.17) is 11.0 Å². The predicted octanol–water partition coefficient (Wildman–Crippen LogP) is 1.85. The maximum atomic E-state index is 11.8. The van der Waals surface area contributed by atoms with Gasteiger partial charge in [-0.05, 0) is 44.9 Å². The van der Waals surface area contributed by atoms with E-state index in [2.05, 4.69) is 13.0 Å². The summed E-state index contributed by atoms with van der Waals surface area (Å²) in [7, 11) is 0. The second-order valence-electron chi connectivity index (χ2n) is 5.58. The molecule has 0 bridgehead atoms. The lowest BCUT2D eigenvalue weighted by Crippen LogP contribution is -2.46. The Morgan fingerprint density at radius 3 is 2.67 bits per heavy atom. The van der Waals surface area contributed by atoms with E-state index in [1.165, 1.54) is 6.92 Å². The van der Waals surface area contributed by atoms with Crippen molar-refractivity contribution in [1.29, 1.82) is 5.26 Å². The van der Waals surface area contributed by atoms with Crippen LogP contribution in [0.2, 0.25) is 0 Å². The maximum Gasteiger partial charge on any atom is 0.222 e. The molecule has 0 aromatic heterocycles. The van der Waals surface area contributed by atoms with E-state index in [1.54, 1.807) is 18.2 Å². The summed E-state index contributed by atoms with van der Waals surface area (Å²) in [6.45, 7) is 4.05. The van der Waals surface area contributed by atoms with Crippen LogP contribution in [0.25, 0.3) is 0 Å². The average Bonchev–Trinajstić information content (AvgIpc) is 2.46. The molecule has 0 radical (unpaired) electrons. The molecule has 1 aromatic carbocycles. The molecular formula is C16H19N3O2. The number of carbonyl (C=O) groups is 2. The molecule has 2 atom stereocenters. The van der Waals surface area contributed by atoms with Crippen LogP contribution in [0.1, 0.15) is 42.6 Å². The summed E-state index contributed by atoms with van der Waals surface area (Å²) in [4.78, 5) is 25.3. The van der Waals surface area contributed by atoms with Crippen LogP contribution in [-0.2, 0) is 4.79 Å². The minimum atomic E-state index is -0.312. The Hall–Kier alpha value is -2.35. The fourth-order valence-electron chi connectivity index (χ4n) is 2.81. The monoisotopic (exact) mass is 285 g/mol. The molecule has 5 heteroatoms. The number of amides is 1. The molecule has 1 fully saturated rings. The van der Waals surface area contributed by atoms with Gasteiger partial charge in [-0.15, -0.1) is 0 Å². The molecule has 0 saturated carbocycles. The zero-order valence-electron chi connectivity index (χ0n) is 12.3. The molecule has 5 nitrogen and oxygen atoms in total. The van der Waals surface area contributed by atoms with Crippen molar-refractivity contribution in [3.8, 4) is 6.07 Å². The van der Waals surface area contributed by atoms with E-state index >= 15 is 0 Å². The van der Waals surface area contributed by atoms with Gasteiger partial charge in [-0.2, -0.15) is 5.26 Å². The third-order valence-corrected chi connectivity index (χ3v) is 4.10. The van der Waals surface area contributed by atoms with Crippen molar-refractivity contribution in [2.24, 2.45) is 11.7 Å². The van der Waals surface area contributed by atoms with Crippen LogP contribution in [0.3, 0.4) is 0 Å². The van der Waals surface area contributed by atoms with Crippen LogP contribution in [0.5, 0.6) is 0 Å². The number of Topliss-reactive ketones (excluding diaryl/α,β-unsaturated/α-hetero) is 1. The number of anilines is 1. The van der Waals surface area contributed by atoms with E-state index in [0.717, 1.165) is 18.5 Å². The van der Waals surface area contributed by atoms with Crippen LogP contribution >= 0.6 is 0 Å². The molecule has 0 spiro atoms. The Kier molecular flexibility index (Phi) is 4.27. The number of benzene rings is 1. The summed E-state index contributed by atoms with van der Waals surface area (Å²) in [6, 6.07) is 7.33. The van der Waals surface area contributed by atoms with Gasteiger partial charge >= 0.3 is 0 Å². The van der Waals surface area contributed by atoms with Crippen molar-refractivity contribution in [3.05, 3.63) is 29.3 Å². The number of carbonyl (C=O) groups excluding carboxylic acids is 2. The summed E-state index contributed by atoms with van der Waals surface area (Å²) in [5, 5.41) is 9.07. The Bertz CT molecular complexity index is 618. The Labute approximate surface area is 124 Å². The molecule has 1 heterocycles. The second kappa shape index (κ2) is 5.96. The minimum absolute atomic E-state index is 0.0529. The van der Waals surface area contributed by atoms with Crippen LogP contribution < -0.4 is 10.6 Å². The van der Waals surface area contributed by atoms with Crippen molar-refractivity contribution < 1.29 is 9.59 Å². The van der Waals surface area contributed by atoms with Crippen LogP contribution in [0.4, 0.5) is 5.69 Å². The first-order chi connectivity index (χ1) is 9.93. The molecule has 2 rings (SSSR count). The highest BCUT2D eigenvalue weighted by Gasteiger charge is 2.30. The van der Waals surface area contributed by atoms with Crippen molar-refractivity contribution in [3.63, 3.8) is 0 Å². The van der Waals surface area contributed by atoms with Crippen LogP contribution in [-0.4, -0.2) is 24.3 Å². The number of primary amides is 1. The topological polar surface area (TPSA) is 87.2 Å². The lowest BCUT2D eigenvalue weighted by Gasteiger charge is -2.39. The number of ketones is 1. The third-order valence-electron chi connectivity index (χ3n) is 4.10. The standard InChI is InChI=1S/C16H19N3O2/c1-10-3-5-13(16(18)21)9-19(10)15-7-12(8-17)4-6-14(15)11(2)20/h4,6-7,10,13H,3,5,9H2,1-2H3,(H2,18,21). The fourth-order valence-corrected chi connectivity index (χ4v) is 2.81. The normalized spacial score (nSPS) is 21.7. The van der Waals surface area contributed by atoms with Gasteiger partial charge in [0, 0.05) is 23.8 Å². The van der Waals surface area contributed by atoms with Gasteiger partial charge in [0.1, 0.15) is 0 Å². The van der Waals surface area contributed by atoms with Gasteiger partial charge in [0.15, 0.2) is 5.78 Å². The quantitative estimate of drug-likeness (QED) is 0.858. The first kappa shape index (κ1) is 15.0. The summed E-state index contributed by atoms with van der Waals surface area (Å²) in [5.41, 5.74) is 7.22. The molecule has 1 amide bonds. The van der Waals surface area contributed by atoms with Crippen LogP contribution in [0, 0.1) is 17.2 Å². The highest BCUT2D eigenvalue weighted by atomic mass is 16.1. The molecule has 2 N–H and O–H groups in total. The highest BCUT2D eigenvalue weighted by Crippen LogP contribution is 2.31. The molecule has 2 unspecified atom stereocenters. The third kappa shape index (κ3) is 3.05. The van der Waals surface area contributed by atoms with Gasteiger partial charge in [0.2, 0.25) is 5.91 Å². The van der Waals surface area contributed by atoms with Crippen molar-refractivity contribution >= 4 is 17.4 Å². The summed E-state index contributed by atoms with van der Waals surface area (Å²) in [5.74, 6) is -0.581. The maximum absolute atomic E-state index is 11.8. The zero-order valence-corrected chi connectivity index (χ0v) is 12.3. The lowest BCUT2D eigenvalue weighted by atomic mass is 9.91. The largest absolute Gasteiger partial charge is 0.369 e. The van der Waals surface area contributed by atoms with Gasteiger partial charge in [-0.1, -0.05) is 0 Å². The van der Waals surface area contributed by atoms with Crippen molar-refractivity contribution in [1.82, 2.24) is 0 Å². The molecule has 0 aliphatic carbocycles. The Morgan fingerprint density at radius 1 is 1.38 bits per heavy atom. The van der Waals surface area contributed by atoms with E-state index in [1.807, 2.05) is 4.90 Å². The summed E-state index contributed by atoms with van der Waals surface area (Å²) >= 11 is 0. The molecule has 1 aliphatic heterocycles.